The van der Waals surface area contributed by atoms with E-state index >= 15 is 0 Å². The molecule has 9 heteroatoms. The molecule has 1 N–H and O–H groups in total. The van der Waals surface area contributed by atoms with Gasteiger partial charge in [0.05, 0.1) is 45.7 Å². The minimum atomic E-state index is -1.70. The van der Waals surface area contributed by atoms with Crippen molar-refractivity contribution >= 4 is 45.3 Å². The van der Waals surface area contributed by atoms with Crippen LogP contribution in [0.2, 0.25) is 5.02 Å². The quantitative estimate of drug-likeness (QED) is 0.282. The Morgan fingerprint density at radius 1 is 1.06 bits per heavy atom. The second-order valence-electron chi connectivity index (χ2n) is 8.19. The lowest BCUT2D eigenvalue weighted by Gasteiger charge is -2.37. The van der Waals surface area contributed by atoms with Crippen LogP contribution < -0.4 is 5.32 Å². The van der Waals surface area contributed by atoms with E-state index < -0.39 is 16.4 Å². The normalized spacial score (nSPS) is 17.3. The Balaban J connectivity index is 1.83. The van der Waals surface area contributed by atoms with E-state index in [1.165, 1.54) is 24.3 Å². The van der Waals surface area contributed by atoms with Crippen molar-refractivity contribution in [2.75, 3.05) is 5.32 Å². The number of nitro groups is 1. The number of hydrogen-bond donors (Lipinski definition) is 1. The van der Waals surface area contributed by atoms with E-state index in [4.69, 9.17) is 16.6 Å². The lowest BCUT2D eigenvalue weighted by molar-refractivity contribution is -0.384. The van der Waals surface area contributed by atoms with Crippen LogP contribution in [0, 0.1) is 38.2 Å². The van der Waals surface area contributed by atoms with Gasteiger partial charge < -0.3 is 9.88 Å². The van der Waals surface area contributed by atoms with Crippen LogP contribution in [0.15, 0.2) is 77.8 Å². The summed E-state index contributed by atoms with van der Waals surface area (Å²) in [5.74, 6) is 0. The molecule has 0 amide bonds. The van der Waals surface area contributed by atoms with Crippen LogP contribution >= 0.6 is 11.6 Å². The van der Waals surface area contributed by atoms with Crippen molar-refractivity contribution in [3.05, 3.63) is 99.2 Å². The molecule has 5 rings (SSSR count). The average Bonchev–Trinajstić information content (AvgIpc) is 3.16. The number of anilines is 1. The van der Waals surface area contributed by atoms with Gasteiger partial charge in [-0.25, -0.2) is 4.99 Å². The summed E-state index contributed by atoms with van der Waals surface area (Å²) in [5, 5.41) is 36.9. The number of aryl methyl sites for hydroxylation is 1. The van der Waals surface area contributed by atoms with E-state index in [0.29, 0.717) is 22.0 Å². The Bertz CT molecular complexity index is 1580. The highest BCUT2D eigenvalue weighted by Crippen LogP contribution is 2.49. The molecule has 0 aliphatic carbocycles. The van der Waals surface area contributed by atoms with Gasteiger partial charge >= 0.3 is 0 Å². The minimum absolute atomic E-state index is 0.0737. The molecule has 8 nitrogen and oxygen atoms in total. The van der Waals surface area contributed by atoms with Gasteiger partial charge in [-0.15, -0.1) is 0 Å². The monoisotopic (exact) mass is 480 g/mol. The standard InChI is InChI=1S/C26H17ClN6O2/c1-32-21-5-3-2-4-20(21)22-23(32)25(30-18-10-12-19(13-11-18)33(34)35)26(14-28,15-29)24(31-22)16-6-8-17(27)9-7-16/h2-13,24,31H,1H3. The van der Waals surface area contributed by atoms with Gasteiger partial charge in [-0.2, -0.15) is 10.5 Å². The second kappa shape index (κ2) is 8.28. The molecule has 35 heavy (non-hydrogen) atoms. The van der Waals surface area contributed by atoms with Gasteiger partial charge in [0.1, 0.15) is 5.71 Å². The van der Waals surface area contributed by atoms with Crippen LogP contribution in [0.4, 0.5) is 17.1 Å². The second-order valence-corrected chi connectivity index (χ2v) is 8.63. The zero-order valence-electron chi connectivity index (χ0n) is 18.4. The number of nitriles is 2. The molecule has 170 valence electrons. The SMILES string of the molecule is Cn1c2c(c3ccccc31)NC(c1ccc(Cl)cc1)C(C#N)(C#N)C2=Nc1ccc([N+](=O)[O-])cc1. The summed E-state index contributed by atoms with van der Waals surface area (Å²) in [4.78, 5) is 15.4. The van der Waals surface area contributed by atoms with Crippen molar-refractivity contribution < 1.29 is 4.92 Å². The topological polar surface area (TPSA) is 120 Å². The molecule has 0 saturated carbocycles. The third-order valence-electron chi connectivity index (χ3n) is 6.28. The molecule has 0 saturated heterocycles. The number of fused-ring (bicyclic) bond motifs is 3. The highest BCUT2D eigenvalue weighted by molar-refractivity contribution is 6.30. The summed E-state index contributed by atoms with van der Waals surface area (Å²) in [7, 11) is 1.86. The number of nitrogens with one attached hydrogen (secondary N) is 1. The predicted octanol–water partition coefficient (Wildman–Crippen LogP) is 6.06. The number of aliphatic imine (C=N–C) groups is 1. The van der Waals surface area contributed by atoms with Crippen LogP contribution in [0.3, 0.4) is 0 Å². The van der Waals surface area contributed by atoms with Crippen LogP contribution in [0.5, 0.6) is 0 Å². The fourth-order valence-electron chi connectivity index (χ4n) is 4.56. The van der Waals surface area contributed by atoms with Crippen LogP contribution in [-0.2, 0) is 7.05 Å². The Hall–Kier alpha value is -4.66. The molecule has 2 heterocycles. The number of hydrogen-bond acceptors (Lipinski definition) is 6. The van der Waals surface area contributed by atoms with Crippen molar-refractivity contribution in [3.63, 3.8) is 0 Å². The Morgan fingerprint density at radius 2 is 1.71 bits per heavy atom. The zero-order valence-corrected chi connectivity index (χ0v) is 19.2. The summed E-state index contributed by atoms with van der Waals surface area (Å²) in [6, 6.07) is 24.2. The lowest BCUT2D eigenvalue weighted by atomic mass is 9.71. The minimum Gasteiger partial charge on any atom is -0.373 e. The smallest absolute Gasteiger partial charge is 0.269 e. The predicted molar refractivity (Wildman–Crippen MR) is 134 cm³/mol. The van der Waals surface area contributed by atoms with Gasteiger partial charge in [-0.1, -0.05) is 41.9 Å². The van der Waals surface area contributed by atoms with E-state index in [1.54, 1.807) is 24.3 Å². The summed E-state index contributed by atoms with van der Waals surface area (Å²) < 4.78 is 1.91. The van der Waals surface area contributed by atoms with Crippen LogP contribution in [-0.4, -0.2) is 15.2 Å². The molecule has 1 aliphatic heterocycles. The molecule has 0 bridgehead atoms. The molecule has 1 aromatic heterocycles. The van der Waals surface area contributed by atoms with Crippen LogP contribution in [0.1, 0.15) is 17.3 Å². The molecular formula is C26H17ClN6O2. The van der Waals surface area contributed by atoms with E-state index in [9.17, 15) is 20.6 Å². The number of non-ortho nitro benzene ring substituents is 1. The maximum absolute atomic E-state index is 11.1. The number of halogens is 1. The highest BCUT2D eigenvalue weighted by Gasteiger charge is 2.52. The van der Waals surface area contributed by atoms with Crippen molar-refractivity contribution in [2.24, 2.45) is 17.5 Å². The first-order chi connectivity index (χ1) is 16.9. The fourth-order valence-corrected chi connectivity index (χ4v) is 4.69. The van der Waals surface area contributed by atoms with E-state index in [2.05, 4.69) is 17.5 Å². The molecule has 0 fully saturated rings. The summed E-state index contributed by atoms with van der Waals surface area (Å²) in [6.07, 6.45) is 0. The summed E-state index contributed by atoms with van der Waals surface area (Å²) in [5.41, 5.74) is 1.86. The first kappa shape index (κ1) is 22.1. The first-order valence-corrected chi connectivity index (χ1v) is 11.0. The van der Waals surface area contributed by atoms with Gasteiger partial charge in [-0.3, -0.25) is 10.1 Å². The van der Waals surface area contributed by atoms with Gasteiger partial charge in [0.25, 0.3) is 5.69 Å². The van der Waals surface area contributed by atoms with Crippen molar-refractivity contribution in [2.45, 2.75) is 6.04 Å². The largest absolute Gasteiger partial charge is 0.373 e. The summed E-state index contributed by atoms with van der Waals surface area (Å²) in [6.45, 7) is 0. The van der Waals surface area contributed by atoms with Gasteiger partial charge in [0, 0.05) is 29.6 Å². The van der Waals surface area contributed by atoms with Gasteiger partial charge in [-0.05, 0) is 35.9 Å². The lowest BCUT2D eigenvalue weighted by Crippen LogP contribution is -2.44. The Morgan fingerprint density at radius 3 is 2.34 bits per heavy atom. The molecule has 0 radical (unpaired) electrons. The Kier molecular flexibility index (Phi) is 5.24. The number of rotatable bonds is 3. The van der Waals surface area contributed by atoms with Crippen molar-refractivity contribution in [3.8, 4) is 12.1 Å². The highest BCUT2D eigenvalue weighted by atomic mass is 35.5. The maximum Gasteiger partial charge on any atom is 0.269 e. The molecule has 1 atom stereocenters. The third-order valence-corrected chi connectivity index (χ3v) is 6.54. The van der Waals surface area contributed by atoms with E-state index in [1.807, 2.05) is 35.9 Å². The number of aromatic nitrogens is 1. The van der Waals surface area contributed by atoms with Crippen molar-refractivity contribution in [1.82, 2.24) is 4.57 Å². The zero-order chi connectivity index (χ0) is 24.7. The fraction of sp³-hybridized carbons (Fsp3) is 0.115. The Labute approximate surface area is 205 Å². The number of nitrogens with zero attached hydrogens (tertiary/aromatic N) is 5. The number of benzene rings is 3. The molecule has 0 spiro atoms. The molecular weight excluding hydrogens is 464 g/mol. The van der Waals surface area contributed by atoms with E-state index in [-0.39, 0.29) is 11.4 Å². The molecule has 1 aliphatic rings. The molecule has 1 unspecified atom stereocenters. The van der Waals surface area contributed by atoms with Gasteiger partial charge in [0.2, 0.25) is 5.41 Å². The molecule has 4 aromatic rings. The summed E-state index contributed by atoms with van der Waals surface area (Å²) >= 11 is 6.10. The first-order valence-electron chi connectivity index (χ1n) is 10.7. The van der Waals surface area contributed by atoms with Gasteiger partial charge in [0.15, 0.2) is 0 Å². The van der Waals surface area contributed by atoms with Crippen molar-refractivity contribution in [1.29, 1.82) is 10.5 Å². The van der Waals surface area contributed by atoms with E-state index in [0.717, 1.165) is 16.6 Å². The maximum atomic E-state index is 11.1. The number of para-hydroxylation sites is 1. The average molecular weight is 481 g/mol. The number of nitro benzene ring substituents is 1. The molecule has 3 aromatic carbocycles. The van der Waals surface area contributed by atoms with Crippen LogP contribution in [0.25, 0.3) is 10.9 Å². The third kappa shape index (κ3) is 3.40.